The van der Waals surface area contributed by atoms with Gasteiger partial charge in [-0.1, -0.05) is 0 Å². The second-order valence-corrected chi connectivity index (χ2v) is 4.70. The average molecular weight is 294 g/mol. The minimum absolute atomic E-state index is 0.0694. The number of nitrogens with zero attached hydrogens (tertiary/aromatic N) is 1. The molecule has 0 aliphatic carbocycles. The normalized spacial score (nSPS) is 10.5. The predicted octanol–water partition coefficient (Wildman–Crippen LogP) is 0.702. The number of hydrogen-bond acceptors (Lipinski definition) is 5. The number of hydrogen-bond donors (Lipinski definition) is 1. The molecule has 0 bridgehead atoms. The van der Waals surface area contributed by atoms with Crippen LogP contribution in [0.4, 0.5) is 0 Å². The van der Waals surface area contributed by atoms with Crippen LogP contribution in [0.3, 0.4) is 0 Å². The number of benzene rings is 1. The SMILES string of the molecule is COCCNC(=O)CN(C)Cc1cc(C=O)ccc1OC. The van der Waals surface area contributed by atoms with Crippen LogP contribution in [-0.2, 0) is 16.1 Å². The van der Waals surface area contributed by atoms with Crippen LogP contribution in [0.25, 0.3) is 0 Å². The van der Waals surface area contributed by atoms with Crippen molar-refractivity contribution in [3.8, 4) is 5.75 Å². The largest absolute Gasteiger partial charge is 0.496 e. The van der Waals surface area contributed by atoms with Crippen LogP contribution in [0.1, 0.15) is 15.9 Å². The molecule has 0 unspecified atom stereocenters. The molecule has 0 aliphatic rings. The summed E-state index contributed by atoms with van der Waals surface area (Å²) in [6.45, 7) is 1.76. The number of aldehydes is 1. The zero-order valence-electron chi connectivity index (χ0n) is 12.7. The minimum atomic E-state index is -0.0694. The van der Waals surface area contributed by atoms with E-state index in [1.54, 1.807) is 32.4 Å². The third-order valence-electron chi connectivity index (χ3n) is 2.92. The van der Waals surface area contributed by atoms with E-state index in [2.05, 4.69) is 5.32 Å². The van der Waals surface area contributed by atoms with Gasteiger partial charge in [-0.25, -0.2) is 0 Å². The summed E-state index contributed by atoms with van der Waals surface area (Å²) in [5.41, 5.74) is 1.46. The van der Waals surface area contributed by atoms with Gasteiger partial charge in [-0.2, -0.15) is 0 Å². The Morgan fingerprint density at radius 1 is 1.38 bits per heavy atom. The van der Waals surface area contributed by atoms with Gasteiger partial charge >= 0.3 is 0 Å². The molecule has 1 N–H and O–H groups in total. The van der Waals surface area contributed by atoms with Gasteiger partial charge in [0.15, 0.2) is 0 Å². The molecular formula is C15H22N2O4. The lowest BCUT2D eigenvalue weighted by molar-refractivity contribution is -0.122. The molecule has 1 aromatic carbocycles. The van der Waals surface area contributed by atoms with Gasteiger partial charge in [-0.05, 0) is 25.2 Å². The first-order valence-electron chi connectivity index (χ1n) is 6.67. The molecule has 0 radical (unpaired) electrons. The van der Waals surface area contributed by atoms with Crippen molar-refractivity contribution in [2.24, 2.45) is 0 Å². The maximum Gasteiger partial charge on any atom is 0.234 e. The van der Waals surface area contributed by atoms with Crippen LogP contribution in [0, 0.1) is 0 Å². The van der Waals surface area contributed by atoms with Crippen molar-refractivity contribution in [3.05, 3.63) is 29.3 Å². The number of methoxy groups -OCH3 is 2. The quantitative estimate of drug-likeness (QED) is 0.536. The molecule has 6 nitrogen and oxygen atoms in total. The summed E-state index contributed by atoms with van der Waals surface area (Å²) in [6, 6.07) is 5.23. The highest BCUT2D eigenvalue weighted by Crippen LogP contribution is 2.20. The van der Waals surface area contributed by atoms with E-state index in [1.807, 2.05) is 11.9 Å². The first-order chi connectivity index (χ1) is 10.1. The van der Waals surface area contributed by atoms with Crippen molar-refractivity contribution >= 4 is 12.2 Å². The fourth-order valence-electron chi connectivity index (χ4n) is 1.94. The molecule has 0 aliphatic heterocycles. The van der Waals surface area contributed by atoms with Crippen LogP contribution in [-0.4, -0.2) is 58.1 Å². The van der Waals surface area contributed by atoms with Crippen molar-refractivity contribution in [2.45, 2.75) is 6.54 Å². The molecule has 1 amide bonds. The van der Waals surface area contributed by atoms with E-state index in [-0.39, 0.29) is 12.5 Å². The third-order valence-corrected chi connectivity index (χ3v) is 2.92. The summed E-state index contributed by atoms with van der Waals surface area (Å²) in [6.07, 6.45) is 0.792. The molecule has 0 aromatic heterocycles. The summed E-state index contributed by atoms with van der Waals surface area (Å²) in [5.74, 6) is 0.632. The summed E-state index contributed by atoms with van der Waals surface area (Å²) >= 11 is 0. The van der Waals surface area contributed by atoms with E-state index in [0.29, 0.717) is 31.0 Å². The van der Waals surface area contributed by atoms with E-state index in [0.717, 1.165) is 11.8 Å². The zero-order valence-corrected chi connectivity index (χ0v) is 12.7. The molecule has 6 heteroatoms. The topological polar surface area (TPSA) is 67.9 Å². The molecule has 0 atom stereocenters. The summed E-state index contributed by atoms with van der Waals surface area (Å²) in [7, 11) is 5.00. The number of ether oxygens (including phenoxy) is 2. The van der Waals surface area contributed by atoms with Crippen molar-refractivity contribution < 1.29 is 19.1 Å². The second kappa shape index (κ2) is 9.10. The lowest BCUT2D eigenvalue weighted by Gasteiger charge is -2.18. The molecule has 0 spiro atoms. The van der Waals surface area contributed by atoms with Crippen LogP contribution in [0.2, 0.25) is 0 Å². The van der Waals surface area contributed by atoms with E-state index in [4.69, 9.17) is 9.47 Å². The van der Waals surface area contributed by atoms with Gasteiger partial charge in [0.2, 0.25) is 5.91 Å². The van der Waals surface area contributed by atoms with Crippen molar-refractivity contribution in [3.63, 3.8) is 0 Å². The lowest BCUT2D eigenvalue weighted by atomic mass is 10.1. The van der Waals surface area contributed by atoms with Crippen molar-refractivity contribution in [1.82, 2.24) is 10.2 Å². The standard InChI is InChI=1S/C15H22N2O4/c1-17(10-15(19)16-6-7-20-2)9-13-8-12(11-18)4-5-14(13)21-3/h4-5,8,11H,6-7,9-10H2,1-3H3,(H,16,19). The molecule has 116 valence electrons. The fourth-order valence-corrected chi connectivity index (χ4v) is 1.94. The smallest absolute Gasteiger partial charge is 0.234 e. The number of nitrogens with one attached hydrogen (secondary N) is 1. The number of amides is 1. The molecule has 0 fully saturated rings. The highest BCUT2D eigenvalue weighted by Gasteiger charge is 2.10. The Hall–Kier alpha value is -1.92. The lowest BCUT2D eigenvalue weighted by Crippen LogP contribution is -2.36. The fraction of sp³-hybridized carbons (Fsp3) is 0.467. The van der Waals surface area contributed by atoms with E-state index in [9.17, 15) is 9.59 Å². The summed E-state index contributed by atoms with van der Waals surface area (Å²) in [5, 5.41) is 2.76. The molecule has 0 heterocycles. The highest BCUT2D eigenvalue weighted by molar-refractivity contribution is 5.78. The Bertz CT molecular complexity index is 477. The number of carbonyl (C=O) groups is 2. The van der Waals surface area contributed by atoms with Gasteiger partial charge in [0.25, 0.3) is 0 Å². The van der Waals surface area contributed by atoms with Crippen molar-refractivity contribution in [1.29, 1.82) is 0 Å². The van der Waals surface area contributed by atoms with E-state index < -0.39 is 0 Å². The second-order valence-electron chi connectivity index (χ2n) is 4.70. The van der Waals surface area contributed by atoms with Crippen LogP contribution in [0.15, 0.2) is 18.2 Å². The minimum Gasteiger partial charge on any atom is -0.496 e. The molecule has 21 heavy (non-hydrogen) atoms. The van der Waals surface area contributed by atoms with E-state index in [1.165, 1.54) is 0 Å². The number of carbonyl (C=O) groups excluding carboxylic acids is 2. The van der Waals surface area contributed by atoms with Crippen LogP contribution in [0.5, 0.6) is 5.75 Å². The zero-order chi connectivity index (χ0) is 15.7. The van der Waals surface area contributed by atoms with Crippen LogP contribution >= 0.6 is 0 Å². The maximum absolute atomic E-state index is 11.7. The maximum atomic E-state index is 11.7. The number of likely N-dealkylation sites (N-methyl/N-ethyl adjacent to an activating group) is 1. The van der Waals surface area contributed by atoms with Gasteiger partial charge in [0, 0.05) is 31.3 Å². The molecule has 0 saturated heterocycles. The van der Waals surface area contributed by atoms with Gasteiger partial charge in [0.1, 0.15) is 12.0 Å². The monoisotopic (exact) mass is 294 g/mol. The first-order valence-corrected chi connectivity index (χ1v) is 6.67. The first kappa shape index (κ1) is 17.1. The van der Waals surface area contributed by atoms with Gasteiger partial charge in [-0.3, -0.25) is 14.5 Å². The number of rotatable bonds is 9. The third kappa shape index (κ3) is 5.93. The van der Waals surface area contributed by atoms with Crippen molar-refractivity contribution in [2.75, 3.05) is 41.0 Å². The summed E-state index contributed by atoms with van der Waals surface area (Å²) in [4.78, 5) is 24.4. The molecule has 0 saturated carbocycles. The Labute approximate surface area is 125 Å². The highest BCUT2D eigenvalue weighted by atomic mass is 16.5. The van der Waals surface area contributed by atoms with Crippen LogP contribution < -0.4 is 10.1 Å². The van der Waals surface area contributed by atoms with Gasteiger partial charge in [0.05, 0.1) is 20.3 Å². The Balaban J connectivity index is 2.59. The van der Waals surface area contributed by atoms with Gasteiger partial charge < -0.3 is 14.8 Å². The average Bonchev–Trinajstić information content (AvgIpc) is 2.47. The molecule has 1 aromatic rings. The predicted molar refractivity (Wildman–Crippen MR) is 79.6 cm³/mol. The summed E-state index contributed by atoms with van der Waals surface area (Å²) < 4.78 is 10.1. The Morgan fingerprint density at radius 2 is 2.14 bits per heavy atom. The van der Waals surface area contributed by atoms with E-state index >= 15 is 0 Å². The molecule has 1 rings (SSSR count). The molecular weight excluding hydrogens is 272 g/mol. The van der Waals surface area contributed by atoms with Gasteiger partial charge in [-0.15, -0.1) is 0 Å². The Morgan fingerprint density at radius 3 is 2.76 bits per heavy atom. The Kier molecular flexibility index (Phi) is 7.42.